The first-order chi connectivity index (χ1) is 10.1. The van der Waals surface area contributed by atoms with Crippen LogP contribution < -0.4 is 10.1 Å². The van der Waals surface area contributed by atoms with Gasteiger partial charge in [-0.1, -0.05) is 47.5 Å². The van der Waals surface area contributed by atoms with Gasteiger partial charge in [-0.15, -0.1) is 0 Å². The first-order valence-corrected chi connectivity index (χ1v) is 7.25. The third kappa shape index (κ3) is 4.66. The average molecular weight is 324 g/mol. The molecule has 0 aliphatic heterocycles. The van der Waals surface area contributed by atoms with Gasteiger partial charge < -0.3 is 10.1 Å². The topological polar surface area (TPSA) is 38.3 Å². The molecule has 110 valence electrons. The summed E-state index contributed by atoms with van der Waals surface area (Å²) < 4.78 is 5.55. The van der Waals surface area contributed by atoms with E-state index in [0.29, 0.717) is 22.3 Å². The molecule has 0 aromatic heterocycles. The van der Waals surface area contributed by atoms with Crippen molar-refractivity contribution in [3.63, 3.8) is 0 Å². The molecule has 0 saturated heterocycles. The number of nitrogens with one attached hydrogen (secondary N) is 1. The zero-order valence-corrected chi connectivity index (χ0v) is 13.0. The Morgan fingerprint density at radius 2 is 1.95 bits per heavy atom. The molecule has 0 unspecified atom stereocenters. The van der Waals surface area contributed by atoms with Crippen molar-refractivity contribution in [2.45, 2.75) is 19.6 Å². The van der Waals surface area contributed by atoms with Crippen LogP contribution in [0.3, 0.4) is 0 Å². The lowest BCUT2D eigenvalue weighted by Crippen LogP contribution is -2.35. The molecule has 0 radical (unpaired) electrons. The van der Waals surface area contributed by atoms with Crippen LogP contribution in [0.5, 0.6) is 5.75 Å². The monoisotopic (exact) mass is 323 g/mol. The molecule has 1 atom stereocenters. The van der Waals surface area contributed by atoms with Gasteiger partial charge in [-0.25, -0.2) is 0 Å². The van der Waals surface area contributed by atoms with Gasteiger partial charge in [-0.05, 0) is 36.8 Å². The van der Waals surface area contributed by atoms with Crippen molar-refractivity contribution in [2.24, 2.45) is 0 Å². The van der Waals surface area contributed by atoms with Crippen molar-refractivity contribution in [2.75, 3.05) is 0 Å². The van der Waals surface area contributed by atoms with Crippen molar-refractivity contribution < 1.29 is 9.53 Å². The minimum Gasteiger partial charge on any atom is -0.481 e. The largest absolute Gasteiger partial charge is 0.481 e. The van der Waals surface area contributed by atoms with Crippen LogP contribution in [0.2, 0.25) is 10.0 Å². The predicted octanol–water partition coefficient (Wildman–Crippen LogP) is 4.08. The molecule has 0 bridgehead atoms. The van der Waals surface area contributed by atoms with E-state index in [4.69, 9.17) is 27.9 Å². The molecule has 2 rings (SSSR count). The molecule has 0 fully saturated rings. The van der Waals surface area contributed by atoms with Crippen LogP contribution in [0.1, 0.15) is 12.5 Å². The second-order valence-electron chi connectivity index (χ2n) is 4.53. The molecule has 0 heterocycles. The third-order valence-corrected chi connectivity index (χ3v) is 3.49. The summed E-state index contributed by atoms with van der Waals surface area (Å²) in [6, 6.07) is 14.3. The Kier molecular flexibility index (Phi) is 5.48. The molecule has 2 aromatic carbocycles. The zero-order chi connectivity index (χ0) is 15.2. The summed E-state index contributed by atoms with van der Waals surface area (Å²) in [7, 11) is 0. The lowest BCUT2D eigenvalue weighted by atomic mass is 10.2. The lowest BCUT2D eigenvalue weighted by Gasteiger charge is -2.15. The van der Waals surface area contributed by atoms with Crippen molar-refractivity contribution in [1.82, 2.24) is 5.32 Å². The molecule has 5 heteroatoms. The van der Waals surface area contributed by atoms with E-state index < -0.39 is 6.10 Å². The summed E-state index contributed by atoms with van der Waals surface area (Å²) in [5.74, 6) is 0.345. The highest BCUT2D eigenvalue weighted by molar-refractivity contribution is 6.31. The fourth-order valence-electron chi connectivity index (χ4n) is 1.77. The van der Waals surface area contributed by atoms with E-state index in [-0.39, 0.29) is 5.91 Å². The molecular formula is C16H15Cl2NO2. The van der Waals surface area contributed by atoms with E-state index in [9.17, 15) is 4.79 Å². The maximum atomic E-state index is 12.0. The van der Waals surface area contributed by atoms with Gasteiger partial charge in [0.05, 0.1) is 0 Å². The Hall–Kier alpha value is -1.71. The standard InChI is InChI=1S/C16H15Cl2NO2/c1-11(21-14-7-4-6-13(17)9-14)16(20)19-10-12-5-2-3-8-15(12)18/h2-9,11H,10H2,1H3,(H,19,20)/t11-/m1/s1. The summed E-state index contributed by atoms with van der Waals surface area (Å²) in [5.41, 5.74) is 0.863. The number of ether oxygens (including phenoxy) is 1. The molecule has 0 aliphatic carbocycles. The van der Waals surface area contributed by atoms with Crippen molar-refractivity contribution in [3.05, 3.63) is 64.1 Å². The predicted molar refractivity (Wildman–Crippen MR) is 84.8 cm³/mol. The van der Waals surface area contributed by atoms with E-state index in [2.05, 4.69) is 5.32 Å². The maximum Gasteiger partial charge on any atom is 0.261 e. The highest BCUT2D eigenvalue weighted by atomic mass is 35.5. The van der Waals surface area contributed by atoms with E-state index in [1.807, 2.05) is 18.2 Å². The van der Waals surface area contributed by atoms with E-state index in [1.165, 1.54) is 0 Å². The maximum absolute atomic E-state index is 12.0. The Morgan fingerprint density at radius 3 is 2.67 bits per heavy atom. The smallest absolute Gasteiger partial charge is 0.261 e. The summed E-state index contributed by atoms with van der Waals surface area (Å²) in [6.07, 6.45) is -0.619. The van der Waals surface area contributed by atoms with Gasteiger partial charge in [0.25, 0.3) is 5.91 Å². The van der Waals surface area contributed by atoms with Crippen LogP contribution in [0.25, 0.3) is 0 Å². The molecule has 1 N–H and O–H groups in total. The van der Waals surface area contributed by atoms with Crippen LogP contribution in [-0.2, 0) is 11.3 Å². The number of benzene rings is 2. The second kappa shape index (κ2) is 7.34. The zero-order valence-electron chi connectivity index (χ0n) is 11.5. The molecule has 0 saturated carbocycles. The van der Waals surface area contributed by atoms with E-state index in [1.54, 1.807) is 37.3 Å². The summed E-state index contributed by atoms with van der Waals surface area (Å²) in [5, 5.41) is 3.99. The van der Waals surface area contributed by atoms with E-state index in [0.717, 1.165) is 5.56 Å². The molecule has 1 amide bonds. The van der Waals surface area contributed by atoms with E-state index >= 15 is 0 Å². The Bertz CT molecular complexity index is 631. The number of carbonyl (C=O) groups excluding carboxylic acids is 1. The van der Waals surface area contributed by atoms with Gasteiger partial charge in [0.1, 0.15) is 5.75 Å². The highest BCUT2D eigenvalue weighted by Gasteiger charge is 2.14. The molecule has 0 aliphatic rings. The van der Waals surface area contributed by atoms with Gasteiger partial charge in [-0.2, -0.15) is 0 Å². The quantitative estimate of drug-likeness (QED) is 0.900. The number of amides is 1. The average Bonchev–Trinajstić information content (AvgIpc) is 2.46. The fourth-order valence-corrected chi connectivity index (χ4v) is 2.15. The SMILES string of the molecule is C[C@@H](Oc1cccc(Cl)c1)C(=O)NCc1ccccc1Cl. The fraction of sp³-hybridized carbons (Fsp3) is 0.188. The van der Waals surface area contributed by atoms with Crippen molar-refractivity contribution in [1.29, 1.82) is 0 Å². The van der Waals surface area contributed by atoms with Crippen LogP contribution in [0.4, 0.5) is 0 Å². The molecule has 3 nitrogen and oxygen atoms in total. The molecule has 0 spiro atoms. The lowest BCUT2D eigenvalue weighted by molar-refractivity contribution is -0.127. The minimum atomic E-state index is -0.619. The highest BCUT2D eigenvalue weighted by Crippen LogP contribution is 2.18. The number of carbonyl (C=O) groups is 1. The van der Waals surface area contributed by atoms with Crippen LogP contribution in [0.15, 0.2) is 48.5 Å². The number of hydrogen-bond donors (Lipinski definition) is 1. The number of rotatable bonds is 5. The third-order valence-electron chi connectivity index (χ3n) is 2.89. The van der Waals surface area contributed by atoms with Gasteiger partial charge in [0.15, 0.2) is 6.10 Å². The molecule has 2 aromatic rings. The normalized spacial score (nSPS) is 11.8. The summed E-state index contributed by atoms with van der Waals surface area (Å²) in [4.78, 5) is 12.0. The van der Waals surface area contributed by atoms with Gasteiger partial charge in [0.2, 0.25) is 0 Å². The van der Waals surface area contributed by atoms with Crippen molar-refractivity contribution in [3.8, 4) is 5.75 Å². The summed E-state index contributed by atoms with van der Waals surface area (Å²) >= 11 is 11.9. The minimum absolute atomic E-state index is 0.213. The van der Waals surface area contributed by atoms with Gasteiger partial charge >= 0.3 is 0 Å². The second-order valence-corrected chi connectivity index (χ2v) is 5.37. The number of hydrogen-bond acceptors (Lipinski definition) is 2. The van der Waals surface area contributed by atoms with Crippen LogP contribution in [0, 0.1) is 0 Å². The Labute approximate surface area is 133 Å². The van der Waals surface area contributed by atoms with Crippen LogP contribution in [-0.4, -0.2) is 12.0 Å². The van der Waals surface area contributed by atoms with Gasteiger partial charge in [0, 0.05) is 16.6 Å². The number of halogens is 2. The Morgan fingerprint density at radius 1 is 1.19 bits per heavy atom. The Balaban J connectivity index is 1.90. The van der Waals surface area contributed by atoms with Crippen molar-refractivity contribution >= 4 is 29.1 Å². The van der Waals surface area contributed by atoms with Crippen LogP contribution >= 0.6 is 23.2 Å². The summed E-state index contributed by atoms with van der Waals surface area (Å²) in [6.45, 7) is 2.05. The molecular weight excluding hydrogens is 309 g/mol. The first-order valence-electron chi connectivity index (χ1n) is 6.49. The molecule has 21 heavy (non-hydrogen) atoms. The van der Waals surface area contributed by atoms with Gasteiger partial charge in [-0.3, -0.25) is 4.79 Å². The first kappa shape index (κ1) is 15.7.